The number of nitro groups is 1. The van der Waals surface area contributed by atoms with Crippen molar-refractivity contribution < 1.29 is 4.92 Å². The largest absolute Gasteiger partial charge is 0.271 e. The van der Waals surface area contributed by atoms with E-state index in [2.05, 4.69) is 0 Å². The van der Waals surface area contributed by atoms with Gasteiger partial charge in [0, 0.05) is 21.9 Å². The molecule has 0 saturated carbocycles. The summed E-state index contributed by atoms with van der Waals surface area (Å²) in [6.07, 6.45) is 0. The van der Waals surface area contributed by atoms with Crippen LogP contribution in [-0.2, 0) is 0 Å². The van der Waals surface area contributed by atoms with Gasteiger partial charge in [-0.2, -0.15) is 0 Å². The SMILES string of the molecule is CCSc1cc(SCC)cc([N+](=O)[O-])c1. The van der Waals surface area contributed by atoms with Crippen molar-refractivity contribution in [2.75, 3.05) is 11.5 Å². The smallest absolute Gasteiger partial charge is 0.258 e. The number of non-ortho nitro benzene ring substituents is 1. The van der Waals surface area contributed by atoms with Gasteiger partial charge in [0.25, 0.3) is 5.69 Å². The standard InChI is InChI=1S/C10H13NO2S2/c1-3-14-9-5-8(11(12)13)6-10(7-9)15-4-2/h5-7H,3-4H2,1-2H3. The third kappa shape index (κ3) is 3.76. The fourth-order valence-corrected chi connectivity index (χ4v) is 2.73. The lowest BCUT2D eigenvalue weighted by molar-refractivity contribution is -0.385. The number of rotatable bonds is 5. The molecule has 0 saturated heterocycles. The van der Waals surface area contributed by atoms with Crippen molar-refractivity contribution in [2.24, 2.45) is 0 Å². The summed E-state index contributed by atoms with van der Waals surface area (Å²) in [6, 6.07) is 5.27. The Morgan fingerprint density at radius 3 is 1.93 bits per heavy atom. The highest BCUT2D eigenvalue weighted by Gasteiger charge is 2.09. The van der Waals surface area contributed by atoms with Crippen molar-refractivity contribution in [3.05, 3.63) is 28.3 Å². The lowest BCUT2D eigenvalue weighted by Gasteiger charge is -2.03. The number of thioether (sulfide) groups is 2. The van der Waals surface area contributed by atoms with Crippen LogP contribution in [0.4, 0.5) is 5.69 Å². The van der Waals surface area contributed by atoms with Gasteiger partial charge in [0.15, 0.2) is 0 Å². The second-order valence-electron chi connectivity index (χ2n) is 2.79. The van der Waals surface area contributed by atoms with Gasteiger partial charge < -0.3 is 0 Å². The van der Waals surface area contributed by atoms with Crippen molar-refractivity contribution in [3.63, 3.8) is 0 Å². The first-order chi connectivity index (χ1) is 7.17. The fraction of sp³-hybridized carbons (Fsp3) is 0.400. The molecule has 0 fully saturated rings. The summed E-state index contributed by atoms with van der Waals surface area (Å²) in [5.74, 6) is 1.86. The van der Waals surface area contributed by atoms with Gasteiger partial charge in [0.1, 0.15) is 0 Å². The average Bonchev–Trinajstić information content (AvgIpc) is 2.18. The zero-order valence-corrected chi connectivity index (χ0v) is 10.4. The molecule has 0 amide bonds. The van der Waals surface area contributed by atoms with Crippen molar-refractivity contribution in [1.29, 1.82) is 0 Å². The van der Waals surface area contributed by atoms with Crippen molar-refractivity contribution in [3.8, 4) is 0 Å². The number of hydrogen-bond donors (Lipinski definition) is 0. The van der Waals surface area contributed by atoms with E-state index in [-0.39, 0.29) is 10.6 Å². The molecule has 15 heavy (non-hydrogen) atoms. The Balaban J connectivity index is 3.02. The van der Waals surface area contributed by atoms with Crippen molar-refractivity contribution in [2.45, 2.75) is 23.6 Å². The second kappa shape index (κ2) is 6.02. The van der Waals surface area contributed by atoms with Gasteiger partial charge in [0.2, 0.25) is 0 Å². The third-order valence-electron chi connectivity index (χ3n) is 1.70. The van der Waals surface area contributed by atoms with Crippen LogP contribution in [0.1, 0.15) is 13.8 Å². The monoisotopic (exact) mass is 243 g/mol. The van der Waals surface area contributed by atoms with Crippen LogP contribution in [0.5, 0.6) is 0 Å². The van der Waals surface area contributed by atoms with E-state index in [0.717, 1.165) is 21.3 Å². The topological polar surface area (TPSA) is 43.1 Å². The summed E-state index contributed by atoms with van der Waals surface area (Å²) in [4.78, 5) is 12.3. The summed E-state index contributed by atoms with van der Waals surface area (Å²) < 4.78 is 0. The Morgan fingerprint density at radius 2 is 1.60 bits per heavy atom. The van der Waals surface area contributed by atoms with E-state index in [0.29, 0.717) is 0 Å². The van der Waals surface area contributed by atoms with E-state index in [1.165, 1.54) is 0 Å². The van der Waals surface area contributed by atoms with Crippen molar-refractivity contribution in [1.82, 2.24) is 0 Å². The normalized spacial score (nSPS) is 10.3. The Bertz CT molecular complexity index is 331. The minimum absolute atomic E-state index is 0.185. The molecule has 0 unspecified atom stereocenters. The van der Waals surface area contributed by atoms with E-state index in [9.17, 15) is 10.1 Å². The third-order valence-corrected chi connectivity index (χ3v) is 3.41. The second-order valence-corrected chi connectivity index (χ2v) is 5.46. The minimum Gasteiger partial charge on any atom is -0.258 e. The Morgan fingerprint density at radius 1 is 1.13 bits per heavy atom. The molecular formula is C10H13NO2S2. The summed E-state index contributed by atoms with van der Waals surface area (Å²) in [6.45, 7) is 4.08. The van der Waals surface area contributed by atoms with Crippen LogP contribution in [0.25, 0.3) is 0 Å². The number of nitrogens with zero attached hydrogens (tertiary/aromatic N) is 1. The number of nitro benzene ring substituents is 1. The molecule has 3 nitrogen and oxygen atoms in total. The molecule has 0 spiro atoms. The van der Waals surface area contributed by atoms with Crippen LogP contribution in [0.15, 0.2) is 28.0 Å². The van der Waals surface area contributed by atoms with Crippen LogP contribution in [-0.4, -0.2) is 16.4 Å². The number of benzene rings is 1. The van der Waals surface area contributed by atoms with E-state index in [1.54, 1.807) is 35.7 Å². The first-order valence-electron chi connectivity index (χ1n) is 4.72. The highest BCUT2D eigenvalue weighted by Crippen LogP contribution is 2.30. The molecule has 1 rings (SSSR count). The quantitative estimate of drug-likeness (QED) is 0.448. The molecule has 0 bridgehead atoms. The first kappa shape index (κ1) is 12.4. The molecule has 0 aromatic heterocycles. The molecule has 5 heteroatoms. The molecule has 1 aromatic carbocycles. The van der Waals surface area contributed by atoms with E-state index < -0.39 is 0 Å². The Labute approximate surface area is 97.8 Å². The van der Waals surface area contributed by atoms with E-state index in [1.807, 2.05) is 19.9 Å². The van der Waals surface area contributed by atoms with Crippen LogP contribution in [0.2, 0.25) is 0 Å². The minimum atomic E-state index is -0.334. The molecule has 0 atom stereocenters. The maximum atomic E-state index is 10.7. The average molecular weight is 243 g/mol. The summed E-state index contributed by atoms with van der Waals surface area (Å²) in [5, 5.41) is 10.7. The van der Waals surface area contributed by atoms with Crippen LogP contribution in [0, 0.1) is 10.1 Å². The summed E-state index contributed by atoms with van der Waals surface area (Å²) in [7, 11) is 0. The van der Waals surface area contributed by atoms with Crippen LogP contribution in [0.3, 0.4) is 0 Å². The van der Waals surface area contributed by atoms with Gasteiger partial charge in [-0.25, -0.2) is 0 Å². The molecule has 0 aliphatic heterocycles. The Kier molecular flexibility index (Phi) is 4.98. The Hall–Kier alpha value is -0.680. The molecule has 0 aliphatic rings. The van der Waals surface area contributed by atoms with Gasteiger partial charge in [0.05, 0.1) is 4.92 Å². The van der Waals surface area contributed by atoms with Gasteiger partial charge in [-0.15, -0.1) is 23.5 Å². The van der Waals surface area contributed by atoms with E-state index in [4.69, 9.17) is 0 Å². The molecule has 1 aromatic rings. The fourth-order valence-electron chi connectivity index (χ4n) is 1.16. The maximum absolute atomic E-state index is 10.7. The zero-order chi connectivity index (χ0) is 11.3. The van der Waals surface area contributed by atoms with Gasteiger partial charge in [-0.3, -0.25) is 10.1 Å². The lowest BCUT2D eigenvalue weighted by atomic mass is 10.3. The van der Waals surface area contributed by atoms with Crippen LogP contribution < -0.4 is 0 Å². The highest BCUT2D eigenvalue weighted by atomic mass is 32.2. The molecule has 82 valence electrons. The van der Waals surface area contributed by atoms with E-state index >= 15 is 0 Å². The molecule has 0 N–H and O–H groups in total. The predicted molar refractivity (Wildman–Crippen MR) is 65.9 cm³/mol. The van der Waals surface area contributed by atoms with Crippen LogP contribution >= 0.6 is 23.5 Å². The molecule has 0 heterocycles. The molecule has 0 aliphatic carbocycles. The number of hydrogen-bond acceptors (Lipinski definition) is 4. The summed E-state index contributed by atoms with van der Waals surface area (Å²) in [5.41, 5.74) is 0.185. The first-order valence-corrected chi connectivity index (χ1v) is 6.69. The predicted octanol–water partition coefficient (Wildman–Crippen LogP) is 3.82. The highest BCUT2D eigenvalue weighted by molar-refractivity contribution is 8.00. The van der Waals surface area contributed by atoms with Gasteiger partial charge in [-0.1, -0.05) is 13.8 Å². The van der Waals surface area contributed by atoms with Gasteiger partial charge >= 0.3 is 0 Å². The lowest BCUT2D eigenvalue weighted by Crippen LogP contribution is -1.89. The van der Waals surface area contributed by atoms with Gasteiger partial charge in [-0.05, 0) is 17.6 Å². The zero-order valence-electron chi connectivity index (χ0n) is 8.73. The molecule has 0 radical (unpaired) electrons. The summed E-state index contributed by atoms with van der Waals surface area (Å²) >= 11 is 3.26. The molecular weight excluding hydrogens is 230 g/mol. The maximum Gasteiger partial charge on any atom is 0.271 e. The van der Waals surface area contributed by atoms with Crippen molar-refractivity contribution >= 4 is 29.2 Å².